The van der Waals surface area contributed by atoms with E-state index in [0.717, 1.165) is 60.4 Å². The van der Waals surface area contributed by atoms with Gasteiger partial charge in [0.2, 0.25) is 5.91 Å². The molecule has 0 bridgehead atoms. The van der Waals surface area contributed by atoms with Gasteiger partial charge in [-0.15, -0.1) is 11.3 Å². The Morgan fingerprint density at radius 2 is 1.87 bits per heavy atom. The molecular formula is C31H45N3O3S. The van der Waals surface area contributed by atoms with Gasteiger partial charge in [-0.05, 0) is 69.3 Å². The van der Waals surface area contributed by atoms with Gasteiger partial charge in [-0.2, -0.15) is 0 Å². The van der Waals surface area contributed by atoms with E-state index in [1.807, 2.05) is 6.07 Å². The highest BCUT2D eigenvalue weighted by Gasteiger charge is 2.30. The zero-order valence-electron chi connectivity index (χ0n) is 23.7. The molecule has 1 N–H and O–H groups in total. The van der Waals surface area contributed by atoms with Crippen LogP contribution in [0.4, 0.5) is 0 Å². The first-order valence-corrected chi connectivity index (χ1v) is 15.2. The molecule has 0 saturated heterocycles. The van der Waals surface area contributed by atoms with Crippen LogP contribution in [0.2, 0.25) is 0 Å². The highest BCUT2D eigenvalue weighted by atomic mass is 32.1. The van der Waals surface area contributed by atoms with Crippen molar-refractivity contribution < 1.29 is 14.4 Å². The van der Waals surface area contributed by atoms with Crippen molar-refractivity contribution in [3.8, 4) is 0 Å². The lowest BCUT2D eigenvalue weighted by atomic mass is 9.90. The molecule has 7 heteroatoms. The summed E-state index contributed by atoms with van der Waals surface area (Å²) in [5.41, 5.74) is 2.85. The van der Waals surface area contributed by atoms with Gasteiger partial charge in [0.15, 0.2) is 5.78 Å². The average Bonchev–Trinajstić information content (AvgIpc) is 3.57. The molecule has 2 aromatic rings. The smallest absolute Gasteiger partial charge is 0.224 e. The number of thiazole rings is 1. The van der Waals surface area contributed by atoms with E-state index in [4.69, 9.17) is 4.98 Å². The van der Waals surface area contributed by atoms with Gasteiger partial charge in [0, 0.05) is 37.4 Å². The Hall–Kier alpha value is -2.38. The third kappa shape index (κ3) is 8.57. The van der Waals surface area contributed by atoms with Crippen molar-refractivity contribution in [1.29, 1.82) is 0 Å². The molecule has 1 saturated carbocycles. The Labute approximate surface area is 232 Å². The Kier molecular flexibility index (Phi) is 11.7. The van der Waals surface area contributed by atoms with Crippen LogP contribution >= 0.6 is 11.3 Å². The molecule has 208 valence electrons. The molecule has 3 rings (SSSR count). The predicted molar refractivity (Wildman–Crippen MR) is 157 cm³/mol. The second-order valence-corrected chi connectivity index (χ2v) is 11.9. The van der Waals surface area contributed by atoms with Crippen LogP contribution < -0.4 is 5.32 Å². The molecule has 2 atom stereocenters. The summed E-state index contributed by atoms with van der Waals surface area (Å²) in [4.78, 5) is 45.5. The summed E-state index contributed by atoms with van der Waals surface area (Å²) in [5.74, 6) is -0.109. The van der Waals surface area contributed by atoms with Gasteiger partial charge in [0.1, 0.15) is 5.78 Å². The lowest BCUT2D eigenvalue weighted by Crippen LogP contribution is -2.44. The number of Topliss-reactive ketones (excluding diaryl/α,β-unsaturated/α-hetero) is 2. The third-order valence-electron chi connectivity index (χ3n) is 7.91. The first kappa shape index (κ1) is 30.2. The Bertz CT molecular complexity index is 1110. The van der Waals surface area contributed by atoms with Crippen LogP contribution in [-0.2, 0) is 27.2 Å². The summed E-state index contributed by atoms with van der Waals surface area (Å²) in [6.45, 7) is 14.2. The molecule has 1 amide bonds. The number of rotatable bonds is 16. The van der Waals surface area contributed by atoms with Crippen molar-refractivity contribution in [3.05, 3.63) is 40.9 Å². The van der Waals surface area contributed by atoms with Crippen molar-refractivity contribution in [1.82, 2.24) is 15.2 Å². The van der Waals surface area contributed by atoms with E-state index in [9.17, 15) is 14.4 Å². The topological polar surface area (TPSA) is 79.4 Å². The van der Waals surface area contributed by atoms with Gasteiger partial charge in [-0.3, -0.25) is 14.5 Å². The van der Waals surface area contributed by atoms with Crippen molar-refractivity contribution in [2.45, 2.75) is 91.5 Å². The number of hydrogen-bond acceptors (Lipinski definition) is 6. The maximum absolute atomic E-state index is 13.6. The molecule has 1 aromatic carbocycles. The zero-order valence-corrected chi connectivity index (χ0v) is 24.5. The van der Waals surface area contributed by atoms with Gasteiger partial charge < -0.3 is 10.1 Å². The minimum atomic E-state index is -0.462. The number of hydrogen-bond donors (Lipinski definition) is 1. The van der Waals surface area contributed by atoms with Gasteiger partial charge in [-0.1, -0.05) is 46.3 Å². The number of ketones is 2. The molecule has 0 unspecified atom stereocenters. The standard InChI is InChI=1S/C31H45N3O3S/c1-6-23-13-14-27-29(18-23)38-30(32-27)19-25(17-22(5)35)31(37)33-26(24-11-9-10-12-24)15-16-28(36)21(4)20-34(7-2)8-3/h13-14,18,24-26H,4,6-12,15-17,19-20H2,1-3,5H3,(H,33,37)/t25-,26+/m0/s1. The molecule has 1 aromatic heterocycles. The monoisotopic (exact) mass is 539 g/mol. The first-order valence-electron chi connectivity index (χ1n) is 14.3. The number of nitrogens with zero attached hydrogens (tertiary/aromatic N) is 2. The summed E-state index contributed by atoms with van der Waals surface area (Å²) in [7, 11) is 0. The van der Waals surface area contributed by atoms with E-state index >= 15 is 0 Å². The highest BCUT2D eigenvalue weighted by molar-refractivity contribution is 7.18. The van der Waals surface area contributed by atoms with E-state index in [2.05, 4.69) is 49.7 Å². The summed E-state index contributed by atoms with van der Waals surface area (Å²) in [6, 6.07) is 6.23. The van der Waals surface area contributed by atoms with Crippen LogP contribution in [0.1, 0.15) is 83.2 Å². The number of likely N-dealkylation sites (N-methyl/N-ethyl adjacent to an activating group) is 1. The quantitative estimate of drug-likeness (QED) is 0.268. The second kappa shape index (κ2) is 14.7. The lowest BCUT2D eigenvalue weighted by molar-refractivity contribution is -0.129. The van der Waals surface area contributed by atoms with Crippen molar-refractivity contribution in [3.63, 3.8) is 0 Å². The number of aromatic nitrogens is 1. The number of fused-ring (bicyclic) bond motifs is 1. The van der Waals surface area contributed by atoms with Gasteiger partial charge >= 0.3 is 0 Å². The maximum atomic E-state index is 13.6. The normalized spacial score (nSPS) is 15.6. The molecule has 6 nitrogen and oxygen atoms in total. The SMILES string of the molecule is C=C(CN(CC)CC)C(=O)CC[C@@H](NC(=O)[C@@H](CC(C)=O)Cc1nc2ccc(CC)cc2s1)C1CCCC1. The molecule has 1 aliphatic rings. The van der Waals surface area contributed by atoms with E-state index in [-0.39, 0.29) is 29.9 Å². The van der Waals surface area contributed by atoms with Crippen molar-refractivity contribution >= 4 is 39.0 Å². The molecule has 38 heavy (non-hydrogen) atoms. The molecular weight excluding hydrogens is 494 g/mol. The largest absolute Gasteiger partial charge is 0.353 e. The van der Waals surface area contributed by atoms with E-state index < -0.39 is 5.92 Å². The first-order chi connectivity index (χ1) is 18.2. The van der Waals surface area contributed by atoms with Gasteiger partial charge in [0.05, 0.1) is 21.1 Å². The number of amides is 1. The fourth-order valence-corrected chi connectivity index (χ4v) is 6.60. The van der Waals surface area contributed by atoms with Crippen molar-refractivity contribution in [2.75, 3.05) is 19.6 Å². The molecule has 1 fully saturated rings. The van der Waals surface area contributed by atoms with E-state index in [0.29, 0.717) is 37.3 Å². The van der Waals surface area contributed by atoms with Gasteiger partial charge in [-0.25, -0.2) is 4.98 Å². The van der Waals surface area contributed by atoms with Crippen LogP contribution in [0, 0.1) is 11.8 Å². The minimum Gasteiger partial charge on any atom is -0.353 e. The number of aryl methyl sites for hydroxylation is 1. The summed E-state index contributed by atoms with van der Waals surface area (Å²) >= 11 is 1.61. The molecule has 1 aliphatic carbocycles. The number of nitrogens with one attached hydrogen (secondary N) is 1. The summed E-state index contributed by atoms with van der Waals surface area (Å²) < 4.78 is 1.12. The molecule has 0 radical (unpaired) electrons. The van der Waals surface area contributed by atoms with Crippen LogP contribution in [0.5, 0.6) is 0 Å². The third-order valence-corrected chi connectivity index (χ3v) is 8.95. The van der Waals surface area contributed by atoms with E-state index in [1.165, 1.54) is 5.56 Å². The average molecular weight is 540 g/mol. The van der Waals surface area contributed by atoms with Crippen LogP contribution in [0.25, 0.3) is 10.2 Å². The Morgan fingerprint density at radius 1 is 1.16 bits per heavy atom. The van der Waals surface area contributed by atoms with Crippen molar-refractivity contribution in [2.24, 2.45) is 11.8 Å². The summed E-state index contributed by atoms with van der Waals surface area (Å²) in [6.07, 6.45) is 7.04. The van der Waals surface area contributed by atoms with Crippen LogP contribution in [0.3, 0.4) is 0 Å². The van der Waals surface area contributed by atoms with Crippen LogP contribution in [-0.4, -0.2) is 53.0 Å². The maximum Gasteiger partial charge on any atom is 0.224 e. The number of benzene rings is 1. The predicted octanol–water partition coefficient (Wildman–Crippen LogP) is 5.92. The summed E-state index contributed by atoms with van der Waals surface area (Å²) in [5, 5.41) is 4.17. The molecule has 0 spiro atoms. The number of carbonyl (C=O) groups excluding carboxylic acids is 3. The molecule has 0 aliphatic heterocycles. The fraction of sp³-hybridized carbons (Fsp3) is 0.613. The fourth-order valence-electron chi connectivity index (χ4n) is 5.49. The highest BCUT2D eigenvalue weighted by Crippen LogP contribution is 2.31. The van der Waals surface area contributed by atoms with E-state index in [1.54, 1.807) is 18.3 Å². The minimum absolute atomic E-state index is 0.000161. The zero-order chi connectivity index (χ0) is 27.7. The Balaban J connectivity index is 1.69. The Morgan fingerprint density at radius 3 is 2.50 bits per heavy atom. The number of carbonyl (C=O) groups is 3. The lowest BCUT2D eigenvalue weighted by Gasteiger charge is -2.27. The second-order valence-electron chi connectivity index (χ2n) is 10.8. The van der Waals surface area contributed by atoms with Crippen LogP contribution in [0.15, 0.2) is 30.4 Å². The van der Waals surface area contributed by atoms with Gasteiger partial charge in [0.25, 0.3) is 0 Å². The molecule has 1 heterocycles.